The minimum Gasteiger partial charge on any atom is -0.507 e. The fourth-order valence-corrected chi connectivity index (χ4v) is 2.05. The SMILES string of the molecule is COC(=O)C(NCCCN=[N+]=[N-])c1cc(C)c(O)c(C)c1. The Bertz CT molecular complexity index is 530. The standard InChI is InChI=1S/C14H20N4O3/c1-9-7-11(8-10(2)13(9)19)12(14(20)21-3)16-5-4-6-17-18-15/h7-8,12,16,19H,4-6H2,1-3H3. The fourth-order valence-electron chi connectivity index (χ4n) is 2.05. The van der Waals surface area contributed by atoms with Crippen molar-refractivity contribution in [2.45, 2.75) is 26.3 Å². The molecule has 1 rings (SSSR count). The zero-order valence-corrected chi connectivity index (χ0v) is 12.5. The molecule has 0 amide bonds. The Labute approximate surface area is 123 Å². The largest absolute Gasteiger partial charge is 0.507 e. The number of carbonyl (C=O) groups is 1. The van der Waals surface area contributed by atoms with Crippen molar-refractivity contribution >= 4 is 5.97 Å². The molecule has 0 aromatic heterocycles. The Kier molecular flexibility index (Phi) is 6.52. The van der Waals surface area contributed by atoms with E-state index in [-0.39, 0.29) is 5.75 Å². The molecule has 7 heteroatoms. The van der Waals surface area contributed by atoms with Crippen molar-refractivity contribution in [3.63, 3.8) is 0 Å². The van der Waals surface area contributed by atoms with Gasteiger partial charge in [-0.3, -0.25) is 0 Å². The van der Waals surface area contributed by atoms with E-state index < -0.39 is 12.0 Å². The molecule has 1 atom stereocenters. The van der Waals surface area contributed by atoms with E-state index in [0.29, 0.717) is 30.6 Å². The number of nitrogens with one attached hydrogen (secondary N) is 1. The van der Waals surface area contributed by atoms with Gasteiger partial charge in [0.15, 0.2) is 0 Å². The van der Waals surface area contributed by atoms with E-state index in [4.69, 9.17) is 10.3 Å². The van der Waals surface area contributed by atoms with Crippen LogP contribution in [0.15, 0.2) is 17.2 Å². The number of rotatable bonds is 7. The first kappa shape index (κ1) is 16.8. The molecule has 0 aliphatic rings. The minimum absolute atomic E-state index is 0.228. The second-order valence-electron chi connectivity index (χ2n) is 4.72. The van der Waals surface area contributed by atoms with E-state index in [2.05, 4.69) is 15.3 Å². The van der Waals surface area contributed by atoms with Gasteiger partial charge in [-0.05, 0) is 49.0 Å². The lowest BCUT2D eigenvalue weighted by Crippen LogP contribution is -2.30. The molecule has 1 unspecified atom stereocenters. The lowest BCUT2D eigenvalue weighted by molar-refractivity contribution is -0.143. The van der Waals surface area contributed by atoms with Crippen LogP contribution in [-0.2, 0) is 9.53 Å². The summed E-state index contributed by atoms with van der Waals surface area (Å²) in [7, 11) is 1.33. The highest BCUT2D eigenvalue weighted by atomic mass is 16.5. The smallest absolute Gasteiger partial charge is 0.327 e. The predicted octanol–water partition coefficient (Wildman–Crippen LogP) is 2.51. The van der Waals surface area contributed by atoms with Crippen molar-refractivity contribution in [3.8, 4) is 5.75 Å². The molecule has 0 heterocycles. The normalized spacial score (nSPS) is 11.6. The summed E-state index contributed by atoms with van der Waals surface area (Å²) in [6, 6.07) is 2.90. The predicted molar refractivity (Wildman–Crippen MR) is 79.0 cm³/mol. The molecular formula is C14H20N4O3. The van der Waals surface area contributed by atoms with Crippen LogP contribution < -0.4 is 5.32 Å². The molecule has 2 N–H and O–H groups in total. The van der Waals surface area contributed by atoms with Crippen molar-refractivity contribution < 1.29 is 14.6 Å². The van der Waals surface area contributed by atoms with E-state index >= 15 is 0 Å². The third-order valence-corrected chi connectivity index (χ3v) is 3.13. The van der Waals surface area contributed by atoms with Crippen molar-refractivity contribution in [3.05, 3.63) is 39.3 Å². The van der Waals surface area contributed by atoms with Gasteiger partial charge < -0.3 is 15.2 Å². The Morgan fingerprint density at radius 2 is 2.10 bits per heavy atom. The highest BCUT2D eigenvalue weighted by Crippen LogP contribution is 2.26. The molecule has 1 aromatic carbocycles. The van der Waals surface area contributed by atoms with Crippen LogP contribution in [0.4, 0.5) is 0 Å². The average molecular weight is 292 g/mol. The van der Waals surface area contributed by atoms with Gasteiger partial charge in [-0.1, -0.05) is 17.2 Å². The first-order valence-electron chi connectivity index (χ1n) is 6.63. The number of carbonyl (C=O) groups excluding carboxylic acids is 1. The summed E-state index contributed by atoms with van der Waals surface area (Å²) >= 11 is 0. The van der Waals surface area contributed by atoms with Crippen LogP contribution >= 0.6 is 0 Å². The van der Waals surface area contributed by atoms with Gasteiger partial charge in [-0.15, -0.1) is 0 Å². The van der Waals surface area contributed by atoms with E-state index in [0.717, 1.165) is 5.56 Å². The summed E-state index contributed by atoms with van der Waals surface area (Å²) in [5, 5.41) is 16.3. The molecule has 0 saturated heterocycles. The van der Waals surface area contributed by atoms with Crippen molar-refractivity contribution in [1.29, 1.82) is 0 Å². The molecule has 1 aromatic rings. The molecule has 0 aliphatic carbocycles. The second kappa shape index (κ2) is 8.14. The van der Waals surface area contributed by atoms with Crippen molar-refractivity contribution in [2.75, 3.05) is 20.2 Å². The zero-order chi connectivity index (χ0) is 15.8. The number of nitrogens with zero attached hydrogens (tertiary/aromatic N) is 3. The fraction of sp³-hybridized carbons (Fsp3) is 0.500. The van der Waals surface area contributed by atoms with Crippen LogP contribution in [0.1, 0.15) is 29.2 Å². The van der Waals surface area contributed by atoms with Gasteiger partial charge in [0.1, 0.15) is 11.8 Å². The van der Waals surface area contributed by atoms with Crippen LogP contribution in [-0.4, -0.2) is 31.3 Å². The molecule has 0 radical (unpaired) electrons. The number of hydrogen-bond donors (Lipinski definition) is 2. The van der Waals surface area contributed by atoms with E-state index in [9.17, 15) is 9.90 Å². The van der Waals surface area contributed by atoms with Gasteiger partial charge >= 0.3 is 5.97 Å². The molecule has 114 valence electrons. The number of methoxy groups -OCH3 is 1. The summed E-state index contributed by atoms with van der Waals surface area (Å²) in [6.45, 7) is 4.44. The van der Waals surface area contributed by atoms with Gasteiger partial charge in [0, 0.05) is 11.5 Å². The molecule has 0 bridgehead atoms. The van der Waals surface area contributed by atoms with Gasteiger partial charge in [0.2, 0.25) is 0 Å². The molecular weight excluding hydrogens is 272 g/mol. The minimum atomic E-state index is -0.612. The first-order valence-corrected chi connectivity index (χ1v) is 6.63. The van der Waals surface area contributed by atoms with Gasteiger partial charge in [-0.25, -0.2) is 4.79 Å². The lowest BCUT2D eigenvalue weighted by Gasteiger charge is -2.18. The molecule has 0 fully saturated rings. The highest BCUT2D eigenvalue weighted by Gasteiger charge is 2.21. The second-order valence-corrected chi connectivity index (χ2v) is 4.72. The molecule has 0 saturated carbocycles. The third-order valence-electron chi connectivity index (χ3n) is 3.13. The first-order chi connectivity index (χ1) is 10.0. The molecule has 7 nitrogen and oxygen atoms in total. The summed E-state index contributed by atoms with van der Waals surface area (Å²) in [5.74, 6) is -0.172. The number of esters is 1. The van der Waals surface area contributed by atoms with Crippen LogP contribution in [0, 0.1) is 13.8 Å². The Morgan fingerprint density at radius 3 is 2.62 bits per heavy atom. The van der Waals surface area contributed by atoms with Crippen LogP contribution in [0.2, 0.25) is 0 Å². The number of phenolic OH excluding ortho intramolecular Hbond substituents is 1. The van der Waals surface area contributed by atoms with Crippen LogP contribution in [0.25, 0.3) is 10.4 Å². The lowest BCUT2D eigenvalue weighted by atomic mass is 10.00. The van der Waals surface area contributed by atoms with Gasteiger partial charge in [0.05, 0.1) is 7.11 Å². The summed E-state index contributed by atoms with van der Waals surface area (Å²) < 4.78 is 4.81. The Hall–Kier alpha value is -2.24. The maximum Gasteiger partial charge on any atom is 0.327 e. The van der Waals surface area contributed by atoms with Gasteiger partial charge in [-0.2, -0.15) is 0 Å². The molecule has 0 spiro atoms. The topological polar surface area (TPSA) is 107 Å². The number of aromatic hydroxyl groups is 1. The number of hydrogen-bond acceptors (Lipinski definition) is 5. The van der Waals surface area contributed by atoms with E-state index in [1.54, 1.807) is 26.0 Å². The Morgan fingerprint density at radius 1 is 1.48 bits per heavy atom. The maximum atomic E-state index is 11.9. The molecule has 0 aliphatic heterocycles. The monoisotopic (exact) mass is 292 g/mol. The van der Waals surface area contributed by atoms with Crippen LogP contribution in [0.5, 0.6) is 5.75 Å². The molecule has 21 heavy (non-hydrogen) atoms. The van der Waals surface area contributed by atoms with E-state index in [1.807, 2.05) is 0 Å². The number of benzene rings is 1. The Balaban J connectivity index is 2.87. The number of aryl methyl sites for hydroxylation is 2. The zero-order valence-electron chi connectivity index (χ0n) is 12.5. The summed E-state index contributed by atoms with van der Waals surface area (Å²) in [4.78, 5) is 14.6. The van der Waals surface area contributed by atoms with Gasteiger partial charge in [0.25, 0.3) is 0 Å². The number of phenols is 1. The highest BCUT2D eigenvalue weighted by molar-refractivity contribution is 5.77. The summed E-state index contributed by atoms with van der Waals surface area (Å²) in [6.07, 6.45) is 0.619. The van der Waals surface area contributed by atoms with Crippen molar-refractivity contribution in [2.24, 2.45) is 5.11 Å². The third kappa shape index (κ3) is 4.66. The van der Waals surface area contributed by atoms with Crippen LogP contribution in [0.3, 0.4) is 0 Å². The van der Waals surface area contributed by atoms with Crippen molar-refractivity contribution in [1.82, 2.24) is 5.32 Å². The number of ether oxygens (including phenoxy) is 1. The van der Waals surface area contributed by atoms with E-state index in [1.165, 1.54) is 7.11 Å². The summed E-state index contributed by atoms with van der Waals surface area (Å²) in [5.41, 5.74) is 10.3. The number of azide groups is 1. The maximum absolute atomic E-state index is 11.9. The quantitative estimate of drug-likeness (QED) is 0.264. The average Bonchev–Trinajstić information content (AvgIpc) is 2.47.